The van der Waals surface area contributed by atoms with Gasteiger partial charge in [0, 0.05) is 25.9 Å². The van der Waals surface area contributed by atoms with Gasteiger partial charge in [0.15, 0.2) is 0 Å². The summed E-state index contributed by atoms with van der Waals surface area (Å²) >= 11 is 0. The minimum absolute atomic E-state index is 0.314. The van der Waals surface area contributed by atoms with Crippen molar-refractivity contribution in [1.82, 2.24) is 10.4 Å². The number of carbonyl (C=O) groups excluding carboxylic acids is 1. The maximum Gasteiger partial charge on any atom is 0.265 e. The van der Waals surface area contributed by atoms with Crippen molar-refractivity contribution in [3.05, 3.63) is 23.9 Å². The molecule has 3 N–H and O–H groups in total. The maximum atomic E-state index is 11.1. The molecule has 0 aliphatic rings. The summed E-state index contributed by atoms with van der Waals surface area (Å²) in [7, 11) is 3.71. The van der Waals surface area contributed by atoms with Crippen LogP contribution >= 0.6 is 0 Å². The molecule has 0 saturated carbocycles. The molecule has 13 heavy (non-hydrogen) atoms. The second-order valence-corrected chi connectivity index (χ2v) is 2.77. The molecular weight excluding hydrogens is 168 g/mol. The average molecular weight is 180 g/mol. The predicted molar refractivity (Wildman–Crippen MR) is 50.2 cm³/mol. The Morgan fingerprint density at radius 2 is 2.31 bits per heavy atom. The van der Waals surface area contributed by atoms with E-state index in [4.69, 9.17) is 5.84 Å². The maximum absolute atomic E-state index is 11.1. The van der Waals surface area contributed by atoms with Gasteiger partial charge in [0.2, 0.25) is 0 Å². The molecule has 0 aromatic carbocycles. The molecule has 1 rings (SSSR count). The first-order valence-corrected chi connectivity index (χ1v) is 3.79. The minimum Gasteiger partial charge on any atom is -0.363 e. The van der Waals surface area contributed by atoms with Gasteiger partial charge in [-0.05, 0) is 12.1 Å². The van der Waals surface area contributed by atoms with E-state index < -0.39 is 0 Å². The van der Waals surface area contributed by atoms with E-state index in [1.54, 1.807) is 18.3 Å². The highest BCUT2D eigenvalue weighted by Gasteiger charge is 2.05. The molecule has 1 aromatic heterocycles. The van der Waals surface area contributed by atoms with Gasteiger partial charge in [0.1, 0.15) is 5.82 Å². The van der Waals surface area contributed by atoms with E-state index in [0.717, 1.165) is 5.82 Å². The Labute approximate surface area is 76.5 Å². The number of rotatable bonds is 2. The van der Waals surface area contributed by atoms with Crippen molar-refractivity contribution in [3.8, 4) is 0 Å². The van der Waals surface area contributed by atoms with Crippen LogP contribution in [0.3, 0.4) is 0 Å². The quantitative estimate of drug-likeness (QED) is 0.374. The number of pyridine rings is 1. The van der Waals surface area contributed by atoms with Crippen LogP contribution in [0.4, 0.5) is 5.82 Å². The molecule has 0 atom stereocenters. The second-order valence-electron chi connectivity index (χ2n) is 2.77. The van der Waals surface area contributed by atoms with E-state index in [1.807, 2.05) is 19.0 Å². The van der Waals surface area contributed by atoms with E-state index in [1.165, 1.54) is 0 Å². The normalized spacial score (nSPS) is 9.46. The van der Waals surface area contributed by atoms with Gasteiger partial charge in [-0.3, -0.25) is 10.2 Å². The molecule has 0 saturated heterocycles. The number of nitrogens with two attached hydrogens (primary N) is 1. The van der Waals surface area contributed by atoms with Crippen LogP contribution in [0.1, 0.15) is 10.4 Å². The van der Waals surface area contributed by atoms with Crippen molar-refractivity contribution in [1.29, 1.82) is 0 Å². The van der Waals surface area contributed by atoms with Gasteiger partial charge < -0.3 is 4.90 Å². The number of amides is 1. The molecule has 1 aromatic rings. The molecule has 5 nitrogen and oxygen atoms in total. The van der Waals surface area contributed by atoms with Gasteiger partial charge in [-0.25, -0.2) is 10.8 Å². The summed E-state index contributed by atoms with van der Waals surface area (Å²) in [5.74, 6) is 5.41. The molecule has 0 aliphatic carbocycles. The molecule has 1 heterocycles. The summed E-state index contributed by atoms with van der Waals surface area (Å²) in [5, 5.41) is 0. The zero-order valence-electron chi connectivity index (χ0n) is 7.61. The summed E-state index contributed by atoms with van der Waals surface area (Å²) in [4.78, 5) is 17.0. The van der Waals surface area contributed by atoms with Gasteiger partial charge in [-0.15, -0.1) is 0 Å². The van der Waals surface area contributed by atoms with Gasteiger partial charge in [-0.1, -0.05) is 0 Å². The van der Waals surface area contributed by atoms with E-state index in [9.17, 15) is 4.79 Å². The first kappa shape index (κ1) is 9.47. The Balaban J connectivity index is 2.98. The highest BCUT2D eigenvalue weighted by atomic mass is 16.2. The molecule has 5 heteroatoms. The van der Waals surface area contributed by atoms with Crippen LogP contribution in [0.15, 0.2) is 18.3 Å². The van der Waals surface area contributed by atoms with Crippen molar-refractivity contribution >= 4 is 11.7 Å². The van der Waals surface area contributed by atoms with E-state index in [2.05, 4.69) is 10.4 Å². The number of aromatic nitrogens is 1. The van der Waals surface area contributed by atoms with Crippen LogP contribution in [-0.2, 0) is 0 Å². The third-order valence-corrected chi connectivity index (χ3v) is 1.60. The Morgan fingerprint density at radius 1 is 1.62 bits per heavy atom. The van der Waals surface area contributed by atoms with Crippen molar-refractivity contribution in [3.63, 3.8) is 0 Å². The standard InChI is InChI=1S/C8H12N4O/c1-12(2)7-5-6(3-4-10-7)8(13)11-9/h3-5H,9H2,1-2H3,(H,11,13). The largest absolute Gasteiger partial charge is 0.363 e. The molecule has 0 fully saturated rings. The lowest BCUT2D eigenvalue weighted by atomic mass is 10.2. The van der Waals surface area contributed by atoms with Crippen molar-refractivity contribution in [2.24, 2.45) is 5.84 Å². The van der Waals surface area contributed by atoms with Crippen LogP contribution < -0.4 is 16.2 Å². The summed E-state index contributed by atoms with van der Waals surface area (Å²) in [6.07, 6.45) is 1.57. The fourth-order valence-electron chi connectivity index (χ4n) is 0.888. The summed E-state index contributed by atoms with van der Waals surface area (Å²) < 4.78 is 0. The van der Waals surface area contributed by atoms with E-state index in [-0.39, 0.29) is 5.91 Å². The Bertz CT molecular complexity index is 311. The number of hydrazine groups is 1. The monoisotopic (exact) mass is 180 g/mol. The predicted octanol–water partition coefficient (Wildman–Crippen LogP) is -0.249. The molecule has 0 aliphatic heterocycles. The highest BCUT2D eigenvalue weighted by Crippen LogP contribution is 2.08. The lowest BCUT2D eigenvalue weighted by Gasteiger charge is -2.11. The summed E-state index contributed by atoms with van der Waals surface area (Å²) in [5.41, 5.74) is 2.56. The SMILES string of the molecule is CN(C)c1cc(C(=O)NN)ccn1. The number of nitrogen functional groups attached to an aromatic ring is 1. The first-order chi connectivity index (χ1) is 6.15. The zero-order valence-corrected chi connectivity index (χ0v) is 7.61. The molecule has 0 bridgehead atoms. The van der Waals surface area contributed by atoms with Crippen molar-refractivity contribution in [2.75, 3.05) is 19.0 Å². The smallest absolute Gasteiger partial charge is 0.265 e. The Kier molecular flexibility index (Phi) is 2.81. The summed E-state index contributed by atoms with van der Waals surface area (Å²) in [6.45, 7) is 0. The van der Waals surface area contributed by atoms with Crippen LogP contribution in [0, 0.1) is 0 Å². The third kappa shape index (κ3) is 2.16. The number of anilines is 1. The van der Waals surface area contributed by atoms with Gasteiger partial charge >= 0.3 is 0 Å². The number of nitrogens with zero attached hydrogens (tertiary/aromatic N) is 2. The molecule has 0 unspecified atom stereocenters. The number of nitrogens with one attached hydrogen (secondary N) is 1. The van der Waals surface area contributed by atoms with E-state index >= 15 is 0 Å². The van der Waals surface area contributed by atoms with Gasteiger partial charge in [-0.2, -0.15) is 0 Å². The minimum atomic E-state index is -0.314. The number of hydrogen-bond acceptors (Lipinski definition) is 4. The van der Waals surface area contributed by atoms with Crippen molar-refractivity contribution in [2.45, 2.75) is 0 Å². The molecular formula is C8H12N4O. The molecule has 0 spiro atoms. The summed E-state index contributed by atoms with van der Waals surface area (Å²) in [6, 6.07) is 3.28. The lowest BCUT2D eigenvalue weighted by molar-refractivity contribution is 0.0953. The topological polar surface area (TPSA) is 71.2 Å². The van der Waals surface area contributed by atoms with Crippen LogP contribution in [0.5, 0.6) is 0 Å². The second kappa shape index (κ2) is 3.86. The first-order valence-electron chi connectivity index (χ1n) is 3.79. The Morgan fingerprint density at radius 3 is 2.85 bits per heavy atom. The molecule has 0 radical (unpaired) electrons. The fourth-order valence-corrected chi connectivity index (χ4v) is 0.888. The van der Waals surface area contributed by atoms with Crippen LogP contribution in [0.25, 0.3) is 0 Å². The Hall–Kier alpha value is -1.62. The van der Waals surface area contributed by atoms with Crippen LogP contribution in [-0.4, -0.2) is 25.0 Å². The van der Waals surface area contributed by atoms with Crippen LogP contribution in [0.2, 0.25) is 0 Å². The zero-order chi connectivity index (χ0) is 9.84. The van der Waals surface area contributed by atoms with Gasteiger partial charge in [0.25, 0.3) is 5.91 Å². The third-order valence-electron chi connectivity index (χ3n) is 1.60. The highest BCUT2D eigenvalue weighted by molar-refractivity contribution is 5.94. The fraction of sp³-hybridized carbons (Fsp3) is 0.250. The lowest BCUT2D eigenvalue weighted by Crippen LogP contribution is -2.30. The average Bonchev–Trinajstić information content (AvgIpc) is 2.17. The van der Waals surface area contributed by atoms with E-state index in [0.29, 0.717) is 5.56 Å². The molecule has 70 valence electrons. The molecule has 1 amide bonds. The number of hydrogen-bond donors (Lipinski definition) is 2. The van der Waals surface area contributed by atoms with Crippen molar-refractivity contribution < 1.29 is 4.79 Å². The van der Waals surface area contributed by atoms with Gasteiger partial charge in [0.05, 0.1) is 0 Å². The number of carbonyl (C=O) groups is 1.